The van der Waals surface area contributed by atoms with Gasteiger partial charge >= 0.3 is 0 Å². The zero-order chi connectivity index (χ0) is 14.7. The van der Waals surface area contributed by atoms with E-state index < -0.39 is 4.92 Å². The Morgan fingerprint density at radius 3 is 2.40 bits per heavy atom. The van der Waals surface area contributed by atoms with E-state index in [2.05, 4.69) is 15.0 Å². The summed E-state index contributed by atoms with van der Waals surface area (Å²) in [6.07, 6.45) is 0. The fraction of sp³-hybridized carbons (Fsp3) is 0.182. The van der Waals surface area contributed by atoms with Crippen LogP contribution < -0.4 is 4.90 Å². The van der Waals surface area contributed by atoms with E-state index in [0.717, 1.165) is 4.90 Å². The summed E-state index contributed by atoms with van der Waals surface area (Å²) in [7, 11) is 3.60. The summed E-state index contributed by atoms with van der Waals surface area (Å²) in [5.41, 5.74) is 0.0389. The molecule has 0 N–H and O–H groups in total. The van der Waals surface area contributed by atoms with E-state index in [9.17, 15) is 10.1 Å². The molecule has 2 aromatic rings. The van der Waals surface area contributed by atoms with E-state index in [1.54, 1.807) is 31.1 Å². The molecule has 2 rings (SSSR count). The standard InChI is InChI=1S/C11H10ClN5O2S/c1-16(2)10-13-9(12)14-11(15-10)20-8-5-3-7(4-6-8)17(18)19/h3-6H,1-2H3. The fourth-order valence-corrected chi connectivity index (χ4v) is 2.26. The smallest absolute Gasteiger partial charge is 0.269 e. The molecule has 0 spiro atoms. The minimum atomic E-state index is -0.446. The second kappa shape index (κ2) is 6.02. The zero-order valence-electron chi connectivity index (χ0n) is 10.6. The number of halogens is 1. The van der Waals surface area contributed by atoms with Crippen LogP contribution in [0.1, 0.15) is 0 Å². The summed E-state index contributed by atoms with van der Waals surface area (Å²) < 4.78 is 0. The van der Waals surface area contributed by atoms with Crippen molar-refractivity contribution in [3.05, 3.63) is 39.7 Å². The lowest BCUT2D eigenvalue weighted by Crippen LogP contribution is -2.13. The molecule has 1 aromatic carbocycles. The highest BCUT2D eigenvalue weighted by Gasteiger charge is 2.10. The van der Waals surface area contributed by atoms with Gasteiger partial charge < -0.3 is 4.90 Å². The van der Waals surface area contributed by atoms with Gasteiger partial charge in [0.15, 0.2) is 5.16 Å². The Bertz CT molecular complexity index is 635. The van der Waals surface area contributed by atoms with E-state index >= 15 is 0 Å². The molecule has 0 bridgehead atoms. The average molecular weight is 312 g/mol. The number of hydrogen-bond acceptors (Lipinski definition) is 7. The number of rotatable bonds is 4. The van der Waals surface area contributed by atoms with Crippen LogP contribution in [0.2, 0.25) is 5.28 Å². The summed E-state index contributed by atoms with van der Waals surface area (Å²) in [6, 6.07) is 6.13. The number of anilines is 1. The molecular weight excluding hydrogens is 302 g/mol. The lowest BCUT2D eigenvalue weighted by Gasteiger charge is -2.10. The molecule has 9 heteroatoms. The monoisotopic (exact) mass is 311 g/mol. The topological polar surface area (TPSA) is 85.0 Å². The Hall–Kier alpha value is -1.93. The fourth-order valence-electron chi connectivity index (χ4n) is 1.31. The molecule has 0 fully saturated rings. The molecule has 20 heavy (non-hydrogen) atoms. The van der Waals surface area contributed by atoms with Crippen LogP contribution in [0.4, 0.5) is 11.6 Å². The van der Waals surface area contributed by atoms with Crippen molar-refractivity contribution in [2.75, 3.05) is 19.0 Å². The summed E-state index contributed by atoms with van der Waals surface area (Å²) >= 11 is 7.09. The van der Waals surface area contributed by atoms with Gasteiger partial charge in [-0.1, -0.05) is 0 Å². The van der Waals surface area contributed by atoms with Gasteiger partial charge in [-0.25, -0.2) is 0 Å². The highest BCUT2D eigenvalue weighted by molar-refractivity contribution is 7.99. The second-order valence-electron chi connectivity index (χ2n) is 3.93. The maximum atomic E-state index is 10.6. The van der Waals surface area contributed by atoms with Gasteiger partial charge in [-0.2, -0.15) is 15.0 Å². The van der Waals surface area contributed by atoms with Gasteiger partial charge in [0.25, 0.3) is 5.69 Å². The lowest BCUT2D eigenvalue weighted by atomic mass is 10.3. The molecule has 0 unspecified atom stereocenters. The molecule has 0 saturated carbocycles. The van der Waals surface area contributed by atoms with Gasteiger partial charge in [0.1, 0.15) is 0 Å². The third-order valence-corrected chi connectivity index (χ3v) is 3.27. The number of benzene rings is 1. The first kappa shape index (κ1) is 14.5. The van der Waals surface area contributed by atoms with Crippen molar-refractivity contribution in [3.63, 3.8) is 0 Å². The van der Waals surface area contributed by atoms with Crippen LogP contribution in [-0.4, -0.2) is 34.0 Å². The molecule has 0 aliphatic heterocycles. The van der Waals surface area contributed by atoms with Crippen molar-refractivity contribution in [2.45, 2.75) is 10.1 Å². The molecule has 0 saturated heterocycles. The quantitative estimate of drug-likeness (QED) is 0.633. The first-order valence-electron chi connectivity index (χ1n) is 5.47. The predicted molar refractivity (Wildman–Crippen MR) is 76.4 cm³/mol. The average Bonchev–Trinajstić information content (AvgIpc) is 2.38. The Labute approximate surface area is 124 Å². The van der Waals surface area contributed by atoms with E-state index in [-0.39, 0.29) is 11.0 Å². The first-order chi connectivity index (χ1) is 9.45. The minimum absolute atomic E-state index is 0.0389. The number of hydrogen-bond donors (Lipinski definition) is 0. The summed E-state index contributed by atoms with van der Waals surface area (Å²) in [6.45, 7) is 0. The van der Waals surface area contributed by atoms with Gasteiger partial charge in [0.05, 0.1) is 4.92 Å². The van der Waals surface area contributed by atoms with Gasteiger partial charge in [-0.3, -0.25) is 10.1 Å². The Kier molecular flexibility index (Phi) is 4.35. The number of aromatic nitrogens is 3. The highest BCUT2D eigenvalue weighted by Crippen LogP contribution is 2.27. The van der Waals surface area contributed by atoms with Crippen LogP contribution in [0, 0.1) is 10.1 Å². The Morgan fingerprint density at radius 2 is 1.85 bits per heavy atom. The van der Waals surface area contributed by atoms with Gasteiger partial charge in [-0.15, -0.1) is 0 Å². The van der Waals surface area contributed by atoms with Crippen molar-refractivity contribution in [1.29, 1.82) is 0 Å². The maximum Gasteiger partial charge on any atom is 0.269 e. The van der Waals surface area contributed by atoms with Gasteiger partial charge in [0.2, 0.25) is 11.2 Å². The number of nitrogens with zero attached hydrogens (tertiary/aromatic N) is 5. The second-order valence-corrected chi connectivity index (χ2v) is 5.31. The van der Waals surface area contributed by atoms with Crippen LogP contribution in [-0.2, 0) is 0 Å². The van der Waals surface area contributed by atoms with Crippen molar-refractivity contribution >= 4 is 35.0 Å². The molecule has 1 heterocycles. The normalized spacial score (nSPS) is 10.3. The lowest BCUT2D eigenvalue weighted by molar-refractivity contribution is -0.384. The van der Waals surface area contributed by atoms with E-state index in [0.29, 0.717) is 11.1 Å². The molecule has 104 valence electrons. The van der Waals surface area contributed by atoms with E-state index in [4.69, 9.17) is 11.6 Å². The highest BCUT2D eigenvalue weighted by atomic mass is 35.5. The maximum absolute atomic E-state index is 10.6. The van der Waals surface area contributed by atoms with Crippen molar-refractivity contribution in [3.8, 4) is 0 Å². The zero-order valence-corrected chi connectivity index (χ0v) is 12.2. The van der Waals surface area contributed by atoms with Crippen LogP contribution >= 0.6 is 23.4 Å². The summed E-state index contributed by atoms with van der Waals surface area (Å²) in [5, 5.41) is 11.1. The van der Waals surface area contributed by atoms with Crippen LogP contribution in [0.5, 0.6) is 0 Å². The molecular formula is C11H10ClN5O2S. The third-order valence-electron chi connectivity index (χ3n) is 2.23. The van der Waals surface area contributed by atoms with Crippen molar-refractivity contribution in [1.82, 2.24) is 15.0 Å². The molecule has 0 aliphatic carbocycles. The van der Waals surface area contributed by atoms with Crippen molar-refractivity contribution in [2.24, 2.45) is 0 Å². The number of nitro groups is 1. The molecule has 0 amide bonds. The SMILES string of the molecule is CN(C)c1nc(Cl)nc(Sc2ccc([N+](=O)[O-])cc2)n1. The largest absolute Gasteiger partial charge is 0.347 e. The van der Waals surface area contributed by atoms with Gasteiger partial charge in [0, 0.05) is 31.1 Å². The summed E-state index contributed by atoms with van der Waals surface area (Å²) in [5.74, 6) is 0.453. The van der Waals surface area contributed by atoms with Crippen molar-refractivity contribution < 1.29 is 4.92 Å². The molecule has 0 aliphatic rings. The minimum Gasteiger partial charge on any atom is -0.347 e. The Morgan fingerprint density at radius 1 is 1.20 bits per heavy atom. The summed E-state index contributed by atoms with van der Waals surface area (Å²) in [4.78, 5) is 24.9. The Balaban J connectivity index is 2.23. The number of non-ortho nitro benzene ring substituents is 1. The molecule has 1 aromatic heterocycles. The third kappa shape index (κ3) is 3.55. The van der Waals surface area contributed by atoms with E-state index in [1.807, 2.05) is 0 Å². The van der Waals surface area contributed by atoms with Crippen LogP contribution in [0.15, 0.2) is 34.3 Å². The first-order valence-corrected chi connectivity index (χ1v) is 6.66. The molecule has 0 atom stereocenters. The molecule has 0 radical (unpaired) electrons. The van der Waals surface area contributed by atoms with Gasteiger partial charge in [-0.05, 0) is 35.5 Å². The van der Waals surface area contributed by atoms with E-state index in [1.165, 1.54) is 23.9 Å². The van der Waals surface area contributed by atoms with Crippen LogP contribution in [0.3, 0.4) is 0 Å². The predicted octanol–water partition coefficient (Wildman–Crippen LogP) is 2.65. The number of nitro benzene ring substituents is 1. The molecule has 7 nitrogen and oxygen atoms in total. The van der Waals surface area contributed by atoms with Crippen LogP contribution in [0.25, 0.3) is 0 Å².